The van der Waals surface area contributed by atoms with Crippen LogP contribution in [0.25, 0.3) is 28.0 Å². The van der Waals surface area contributed by atoms with Crippen LogP contribution in [0, 0.1) is 13.8 Å². The zero-order chi connectivity index (χ0) is 36.2. The van der Waals surface area contributed by atoms with Gasteiger partial charge in [0, 0.05) is 36.0 Å². The Morgan fingerprint density at radius 2 is 1.78 bits per heavy atom. The Morgan fingerprint density at radius 3 is 2.44 bits per heavy atom. The first-order chi connectivity index (χ1) is 23.8. The van der Waals surface area contributed by atoms with Crippen molar-refractivity contribution in [2.75, 3.05) is 31.2 Å². The van der Waals surface area contributed by atoms with E-state index >= 15 is 0 Å². The second-order valence-electron chi connectivity index (χ2n) is 14.3. The first-order valence-corrected chi connectivity index (χ1v) is 17.5. The van der Waals surface area contributed by atoms with Gasteiger partial charge in [0.05, 0.1) is 35.7 Å². The fourth-order valence-electron chi connectivity index (χ4n) is 6.32. The molecule has 2 atom stereocenters. The molecule has 2 aromatic heterocycles. The van der Waals surface area contributed by atoms with Crippen LogP contribution in [-0.2, 0) is 19.0 Å². The minimum absolute atomic E-state index is 0.138. The van der Waals surface area contributed by atoms with Crippen LogP contribution in [0.3, 0.4) is 0 Å². The van der Waals surface area contributed by atoms with Crippen molar-refractivity contribution in [1.29, 1.82) is 0 Å². The number of hydrogen-bond donors (Lipinski definition) is 0. The van der Waals surface area contributed by atoms with E-state index in [0.717, 1.165) is 52.4 Å². The number of ether oxygens (including phenoxy) is 4. The first-order valence-electron chi connectivity index (χ1n) is 17.5. The van der Waals surface area contributed by atoms with E-state index in [9.17, 15) is 4.79 Å². The quantitative estimate of drug-likeness (QED) is 0.103. The Kier molecular flexibility index (Phi) is 11.2. The summed E-state index contributed by atoms with van der Waals surface area (Å²) >= 11 is 0. The minimum atomic E-state index is -0.999. The molecular formula is C41H52N4O5. The molecule has 9 heteroatoms. The van der Waals surface area contributed by atoms with E-state index < -0.39 is 17.7 Å². The number of anilines is 1. The maximum atomic E-state index is 13.6. The van der Waals surface area contributed by atoms with E-state index in [1.807, 2.05) is 57.3 Å². The Morgan fingerprint density at radius 1 is 1.06 bits per heavy atom. The summed E-state index contributed by atoms with van der Waals surface area (Å²) in [7, 11) is 0. The number of rotatable bonds is 13. The molecule has 1 fully saturated rings. The fraction of sp³-hybridized carbons (Fsp3) is 0.439. The smallest absolute Gasteiger partial charge is 0.340 e. The van der Waals surface area contributed by atoms with Crippen LogP contribution in [0.2, 0.25) is 0 Å². The third-order valence-electron chi connectivity index (χ3n) is 8.96. The summed E-state index contributed by atoms with van der Waals surface area (Å²) in [6, 6.07) is 16.5. The average molecular weight is 681 g/mol. The topological polar surface area (TPSA) is 87.4 Å². The Labute approximate surface area is 296 Å². The molecule has 3 heterocycles. The number of benzene rings is 2. The lowest BCUT2D eigenvalue weighted by Crippen LogP contribution is -2.45. The third-order valence-corrected chi connectivity index (χ3v) is 8.96. The summed E-state index contributed by atoms with van der Waals surface area (Å²) in [5.41, 5.74) is 5.89. The Bertz CT molecular complexity index is 1850. The van der Waals surface area contributed by atoms with E-state index in [1.54, 1.807) is 19.1 Å². The molecule has 4 aromatic rings. The second-order valence-corrected chi connectivity index (χ2v) is 14.3. The molecule has 0 amide bonds. The highest BCUT2D eigenvalue weighted by atomic mass is 16.6. The molecule has 0 aliphatic carbocycles. The van der Waals surface area contributed by atoms with Crippen molar-refractivity contribution in [3.63, 3.8) is 0 Å². The average Bonchev–Trinajstić information content (AvgIpc) is 3.50. The van der Waals surface area contributed by atoms with Gasteiger partial charge in [0.25, 0.3) is 0 Å². The van der Waals surface area contributed by atoms with Gasteiger partial charge in [0.2, 0.25) is 0 Å². The van der Waals surface area contributed by atoms with Gasteiger partial charge in [-0.2, -0.15) is 9.61 Å². The molecule has 50 heavy (non-hydrogen) atoms. The zero-order valence-electron chi connectivity index (χ0n) is 30.9. The zero-order valence-corrected chi connectivity index (χ0v) is 30.9. The molecule has 2 aromatic carbocycles. The normalized spacial score (nSPS) is 15.8. The van der Waals surface area contributed by atoms with Crippen molar-refractivity contribution in [3.8, 4) is 28.1 Å². The standard InChI is InChI=1S/C41H52N4O5/c1-11-23-48-41(10)19-21-44(22-20-41)38-36(37(39(46)47-13-3)50-40(7,8)9)29(6)42-35-26-33(43-45(35)38)31-16-14-15-30(25-31)32-18-17-27(4)24-34(32)49-28(5)12-2/h11-12,14-18,24-26,28,37H,1-2,13,19-23H2,3-10H3. The molecule has 2 unspecified atom stereocenters. The van der Waals surface area contributed by atoms with Gasteiger partial charge >= 0.3 is 5.97 Å². The molecule has 9 nitrogen and oxygen atoms in total. The van der Waals surface area contributed by atoms with Crippen LogP contribution in [0.1, 0.15) is 77.3 Å². The van der Waals surface area contributed by atoms with Gasteiger partial charge in [-0.25, -0.2) is 9.78 Å². The van der Waals surface area contributed by atoms with Crippen molar-refractivity contribution in [2.24, 2.45) is 0 Å². The van der Waals surface area contributed by atoms with Gasteiger partial charge in [0.15, 0.2) is 11.8 Å². The highest BCUT2D eigenvalue weighted by Gasteiger charge is 2.38. The van der Waals surface area contributed by atoms with Gasteiger partial charge in [-0.15, -0.1) is 6.58 Å². The van der Waals surface area contributed by atoms with Gasteiger partial charge in [-0.3, -0.25) is 0 Å². The Hall–Kier alpha value is -4.47. The summed E-state index contributed by atoms with van der Waals surface area (Å²) in [4.78, 5) is 20.9. The highest BCUT2D eigenvalue weighted by molar-refractivity contribution is 5.81. The molecule has 0 N–H and O–H groups in total. The third kappa shape index (κ3) is 8.28. The van der Waals surface area contributed by atoms with E-state index in [-0.39, 0.29) is 18.3 Å². The van der Waals surface area contributed by atoms with Crippen LogP contribution < -0.4 is 9.64 Å². The molecule has 5 rings (SSSR count). The molecule has 1 saturated heterocycles. The van der Waals surface area contributed by atoms with Gasteiger partial charge in [-0.1, -0.05) is 49.1 Å². The number of piperidine rings is 1. The second kappa shape index (κ2) is 15.2. The summed E-state index contributed by atoms with van der Waals surface area (Å²) in [5, 5.41) is 5.18. The van der Waals surface area contributed by atoms with Crippen LogP contribution in [-0.4, -0.2) is 64.2 Å². The lowest BCUT2D eigenvalue weighted by Gasteiger charge is -2.41. The minimum Gasteiger partial charge on any atom is -0.486 e. The molecule has 266 valence electrons. The van der Waals surface area contributed by atoms with Gasteiger partial charge in [0.1, 0.15) is 17.7 Å². The fourth-order valence-corrected chi connectivity index (χ4v) is 6.32. The number of aromatic nitrogens is 3. The van der Waals surface area contributed by atoms with Gasteiger partial charge in [-0.05, 0) is 91.5 Å². The van der Waals surface area contributed by atoms with Crippen molar-refractivity contribution in [2.45, 2.75) is 91.6 Å². The molecule has 0 saturated carbocycles. The largest absolute Gasteiger partial charge is 0.486 e. The number of esters is 1. The van der Waals surface area contributed by atoms with E-state index in [0.29, 0.717) is 36.6 Å². The Balaban J connectivity index is 1.65. The molecule has 1 aliphatic heterocycles. The number of carbonyl (C=O) groups excluding carboxylic acids is 1. The van der Waals surface area contributed by atoms with Gasteiger partial charge < -0.3 is 23.8 Å². The first kappa shape index (κ1) is 36.8. The lowest BCUT2D eigenvalue weighted by atomic mass is 9.92. The highest BCUT2D eigenvalue weighted by Crippen LogP contribution is 2.39. The molecule has 0 spiro atoms. The van der Waals surface area contributed by atoms with Crippen LogP contribution >= 0.6 is 0 Å². The lowest BCUT2D eigenvalue weighted by molar-refractivity contribution is -0.166. The summed E-state index contributed by atoms with van der Waals surface area (Å²) in [5.74, 6) is 1.12. The number of carbonyl (C=O) groups is 1. The number of hydrogen-bond acceptors (Lipinski definition) is 8. The molecular weight excluding hydrogens is 628 g/mol. The summed E-state index contributed by atoms with van der Waals surface area (Å²) in [6.07, 6.45) is 4.01. The number of fused-ring (bicyclic) bond motifs is 1. The maximum Gasteiger partial charge on any atom is 0.340 e. The summed E-state index contributed by atoms with van der Waals surface area (Å²) < 4.78 is 26.4. The van der Waals surface area contributed by atoms with Crippen LogP contribution in [0.15, 0.2) is 73.8 Å². The number of nitrogens with zero attached hydrogens (tertiary/aromatic N) is 4. The van der Waals surface area contributed by atoms with E-state index in [2.05, 4.69) is 62.2 Å². The van der Waals surface area contributed by atoms with Crippen molar-refractivity contribution in [1.82, 2.24) is 14.6 Å². The number of aryl methyl sites for hydroxylation is 2. The molecule has 0 bridgehead atoms. The van der Waals surface area contributed by atoms with E-state index in [1.165, 1.54) is 0 Å². The predicted octanol–water partition coefficient (Wildman–Crippen LogP) is 8.61. The van der Waals surface area contributed by atoms with Crippen molar-refractivity contribution >= 4 is 17.4 Å². The van der Waals surface area contributed by atoms with Crippen LogP contribution in [0.5, 0.6) is 5.75 Å². The van der Waals surface area contributed by atoms with E-state index in [4.69, 9.17) is 29.0 Å². The monoisotopic (exact) mass is 680 g/mol. The maximum absolute atomic E-state index is 13.6. The van der Waals surface area contributed by atoms with Crippen LogP contribution in [0.4, 0.5) is 5.82 Å². The van der Waals surface area contributed by atoms with Crippen molar-refractivity contribution < 1.29 is 23.7 Å². The molecule has 1 aliphatic rings. The predicted molar refractivity (Wildman–Crippen MR) is 200 cm³/mol. The van der Waals surface area contributed by atoms with Crippen molar-refractivity contribution in [3.05, 3.63) is 90.7 Å². The molecule has 0 radical (unpaired) electrons. The SMILES string of the molecule is C=CCOC1(C)CCN(c2c(C(OC(C)(C)C)C(=O)OCC)c(C)nc3cc(-c4cccc(-c5ccc(C)cc5OC(C)C=C)c4)nn23)CC1. The summed E-state index contributed by atoms with van der Waals surface area (Å²) in [6.45, 7) is 25.5.